The lowest BCUT2D eigenvalue weighted by atomic mass is 9.88. The number of nitrogens with zero attached hydrogens (tertiary/aromatic N) is 1. The summed E-state index contributed by atoms with van der Waals surface area (Å²) in [6.07, 6.45) is 9.57. The van der Waals surface area contributed by atoms with Crippen LogP contribution in [0.5, 0.6) is 0 Å². The minimum Gasteiger partial charge on any atom is -0.329 e. The third-order valence-electron chi connectivity index (χ3n) is 5.43. The molecule has 1 saturated heterocycles. The van der Waals surface area contributed by atoms with E-state index >= 15 is 0 Å². The molecule has 0 amide bonds. The van der Waals surface area contributed by atoms with Crippen LogP contribution in [-0.4, -0.2) is 30.1 Å². The topological polar surface area (TPSA) is 29.3 Å². The first-order valence-corrected chi connectivity index (χ1v) is 7.71. The van der Waals surface area contributed by atoms with Crippen molar-refractivity contribution in [3.8, 4) is 0 Å². The van der Waals surface area contributed by atoms with Gasteiger partial charge in [0.15, 0.2) is 0 Å². The predicted molar refractivity (Wildman–Crippen MR) is 74.0 cm³/mol. The van der Waals surface area contributed by atoms with Gasteiger partial charge >= 0.3 is 0 Å². The first-order chi connectivity index (χ1) is 8.25. The van der Waals surface area contributed by atoms with Gasteiger partial charge in [0.1, 0.15) is 0 Å². The van der Waals surface area contributed by atoms with Crippen LogP contribution in [0.1, 0.15) is 58.8 Å². The third-order valence-corrected chi connectivity index (χ3v) is 5.43. The number of fused-ring (bicyclic) bond motifs is 1. The van der Waals surface area contributed by atoms with Crippen LogP contribution in [0.4, 0.5) is 0 Å². The van der Waals surface area contributed by atoms with Gasteiger partial charge in [-0.05, 0) is 37.5 Å². The summed E-state index contributed by atoms with van der Waals surface area (Å²) in [5.74, 6) is 1.99. The van der Waals surface area contributed by atoms with E-state index in [0.29, 0.717) is 5.54 Å². The zero-order chi connectivity index (χ0) is 12.3. The summed E-state index contributed by atoms with van der Waals surface area (Å²) in [6.45, 7) is 8.13. The fourth-order valence-corrected chi connectivity index (χ4v) is 4.06. The summed E-state index contributed by atoms with van der Waals surface area (Å²) >= 11 is 0. The average molecular weight is 238 g/mol. The van der Waals surface area contributed by atoms with E-state index in [0.717, 1.165) is 18.4 Å². The van der Waals surface area contributed by atoms with Gasteiger partial charge in [-0.2, -0.15) is 0 Å². The Balaban J connectivity index is 2.01. The second kappa shape index (κ2) is 5.71. The fraction of sp³-hybridized carbons (Fsp3) is 1.00. The lowest BCUT2D eigenvalue weighted by Crippen LogP contribution is -2.52. The molecule has 1 heterocycles. The van der Waals surface area contributed by atoms with Crippen LogP contribution in [0.25, 0.3) is 0 Å². The SMILES string of the molecule is CCCCC(CC)(CN)N1CC2CCCC2C1. The quantitative estimate of drug-likeness (QED) is 0.771. The van der Waals surface area contributed by atoms with E-state index in [-0.39, 0.29) is 0 Å². The molecule has 0 spiro atoms. The first kappa shape index (κ1) is 13.4. The van der Waals surface area contributed by atoms with Crippen molar-refractivity contribution in [1.82, 2.24) is 4.90 Å². The molecule has 100 valence electrons. The van der Waals surface area contributed by atoms with Crippen LogP contribution < -0.4 is 5.73 Å². The Morgan fingerprint density at radius 2 is 1.82 bits per heavy atom. The minimum atomic E-state index is 0.320. The Morgan fingerprint density at radius 1 is 1.18 bits per heavy atom. The normalized spacial score (nSPS) is 32.6. The molecule has 3 atom stereocenters. The van der Waals surface area contributed by atoms with E-state index < -0.39 is 0 Å². The summed E-state index contributed by atoms with van der Waals surface area (Å²) in [6, 6.07) is 0. The molecule has 2 N–H and O–H groups in total. The number of unbranched alkanes of at least 4 members (excludes halogenated alkanes) is 1. The zero-order valence-corrected chi connectivity index (χ0v) is 11.8. The molecular formula is C15H30N2. The van der Waals surface area contributed by atoms with E-state index in [1.807, 2.05) is 0 Å². The summed E-state index contributed by atoms with van der Waals surface area (Å²) in [4.78, 5) is 2.76. The Morgan fingerprint density at radius 3 is 2.29 bits per heavy atom. The highest BCUT2D eigenvalue weighted by Crippen LogP contribution is 2.42. The van der Waals surface area contributed by atoms with Gasteiger partial charge in [0.25, 0.3) is 0 Å². The third kappa shape index (κ3) is 2.53. The standard InChI is InChI=1S/C15H30N2/c1-3-5-9-15(4-2,12-16)17-10-13-7-6-8-14(13)11-17/h13-14H,3-12,16H2,1-2H3. The van der Waals surface area contributed by atoms with Crippen LogP contribution in [0.2, 0.25) is 0 Å². The number of rotatable bonds is 6. The summed E-state index contributed by atoms with van der Waals surface area (Å²) in [7, 11) is 0. The lowest BCUT2D eigenvalue weighted by molar-refractivity contribution is 0.0959. The molecular weight excluding hydrogens is 208 g/mol. The van der Waals surface area contributed by atoms with E-state index in [1.54, 1.807) is 0 Å². The maximum absolute atomic E-state index is 6.15. The molecule has 1 saturated carbocycles. The van der Waals surface area contributed by atoms with E-state index in [9.17, 15) is 0 Å². The summed E-state index contributed by atoms with van der Waals surface area (Å²) in [5, 5.41) is 0. The van der Waals surface area contributed by atoms with Crippen molar-refractivity contribution < 1.29 is 0 Å². The first-order valence-electron chi connectivity index (χ1n) is 7.71. The number of nitrogens with two attached hydrogens (primary N) is 1. The maximum Gasteiger partial charge on any atom is 0.0329 e. The lowest BCUT2D eigenvalue weighted by Gasteiger charge is -2.41. The monoisotopic (exact) mass is 238 g/mol. The van der Waals surface area contributed by atoms with Gasteiger partial charge in [0.05, 0.1) is 0 Å². The molecule has 2 heteroatoms. The predicted octanol–water partition coefficient (Wildman–Crippen LogP) is 3.02. The highest BCUT2D eigenvalue weighted by atomic mass is 15.2. The number of hydrogen-bond donors (Lipinski definition) is 1. The highest BCUT2D eigenvalue weighted by Gasteiger charge is 2.43. The molecule has 1 aliphatic carbocycles. The largest absolute Gasteiger partial charge is 0.329 e. The maximum atomic E-state index is 6.15. The van der Waals surface area contributed by atoms with Crippen molar-refractivity contribution in [2.45, 2.75) is 64.3 Å². The fourth-order valence-electron chi connectivity index (χ4n) is 4.06. The number of likely N-dealkylation sites (tertiary alicyclic amines) is 1. The zero-order valence-electron chi connectivity index (χ0n) is 11.8. The van der Waals surface area contributed by atoms with Crippen LogP contribution >= 0.6 is 0 Å². The Hall–Kier alpha value is -0.0800. The smallest absolute Gasteiger partial charge is 0.0329 e. The minimum absolute atomic E-state index is 0.320. The Kier molecular flexibility index (Phi) is 4.48. The van der Waals surface area contributed by atoms with Crippen LogP contribution in [-0.2, 0) is 0 Å². The molecule has 0 aromatic rings. The number of hydrogen-bond acceptors (Lipinski definition) is 2. The van der Waals surface area contributed by atoms with Crippen LogP contribution in [0, 0.1) is 11.8 Å². The molecule has 1 aliphatic heterocycles. The molecule has 2 nitrogen and oxygen atoms in total. The Bertz CT molecular complexity index is 223. The molecule has 2 rings (SSSR count). The summed E-state index contributed by atoms with van der Waals surface area (Å²) in [5.41, 5.74) is 6.47. The van der Waals surface area contributed by atoms with Crippen molar-refractivity contribution in [1.29, 1.82) is 0 Å². The van der Waals surface area contributed by atoms with E-state index in [1.165, 1.54) is 58.0 Å². The van der Waals surface area contributed by atoms with Gasteiger partial charge in [0.2, 0.25) is 0 Å². The second-order valence-electron chi connectivity index (χ2n) is 6.24. The second-order valence-corrected chi connectivity index (χ2v) is 6.24. The molecule has 0 aromatic carbocycles. The van der Waals surface area contributed by atoms with Crippen molar-refractivity contribution in [3.05, 3.63) is 0 Å². The average Bonchev–Trinajstić information content (AvgIpc) is 2.92. The Labute approximate surface area is 107 Å². The molecule has 2 fully saturated rings. The van der Waals surface area contributed by atoms with Gasteiger partial charge in [0, 0.05) is 25.2 Å². The van der Waals surface area contributed by atoms with Gasteiger partial charge in [-0.25, -0.2) is 0 Å². The van der Waals surface area contributed by atoms with Gasteiger partial charge in [-0.1, -0.05) is 33.1 Å². The molecule has 0 radical (unpaired) electrons. The van der Waals surface area contributed by atoms with Crippen molar-refractivity contribution in [3.63, 3.8) is 0 Å². The van der Waals surface area contributed by atoms with Crippen LogP contribution in [0.3, 0.4) is 0 Å². The van der Waals surface area contributed by atoms with Crippen molar-refractivity contribution in [2.75, 3.05) is 19.6 Å². The molecule has 2 aliphatic rings. The van der Waals surface area contributed by atoms with E-state index in [4.69, 9.17) is 5.73 Å². The van der Waals surface area contributed by atoms with Crippen molar-refractivity contribution >= 4 is 0 Å². The van der Waals surface area contributed by atoms with Gasteiger partial charge in [-0.3, -0.25) is 4.90 Å². The summed E-state index contributed by atoms with van der Waals surface area (Å²) < 4.78 is 0. The molecule has 3 unspecified atom stereocenters. The van der Waals surface area contributed by atoms with Gasteiger partial charge in [-0.15, -0.1) is 0 Å². The van der Waals surface area contributed by atoms with Crippen molar-refractivity contribution in [2.24, 2.45) is 17.6 Å². The van der Waals surface area contributed by atoms with E-state index in [2.05, 4.69) is 18.7 Å². The van der Waals surface area contributed by atoms with Crippen LogP contribution in [0.15, 0.2) is 0 Å². The van der Waals surface area contributed by atoms with Gasteiger partial charge < -0.3 is 5.73 Å². The molecule has 0 aromatic heterocycles. The molecule has 17 heavy (non-hydrogen) atoms. The molecule has 0 bridgehead atoms. The highest BCUT2D eigenvalue weighted by molar-refractivity contribution is 4.98.